The lowest BCUT2D eigenvalue weighted by Crippen LogP contribution is -2.50. The smallest absolute Gasteiger partial charge is 0.340 e. The highest BCUT2D eigenvalue weighted by atomic mass is 32.2. The molecular weight excluding hydrogens is 417 g/mol. The second-order valence-electron chi connectivity index (χ2n) is 7.41. The molecule has 0 unspecified atom stereocenters. The molecule has 0 radical (unpaired) electrons. The summed E-state index contributed by atoms with van der Waals surface area (Å²) in [7, 11) is -3.66. The van der Waals surface area contributed by atoms with E-state index in [1.807, 2.05) is 13.8 Å². The minimum atomic E-state index is -4.46. The largest absolute Gasteiger partial charge is 0.416 e. The van der Waals surface area contributed by atoms with E-state index < -0.39 is 21.8 Å². The number of aryl methyl sites for hydroxylation is 2. The number of hydrogen-bond donors (Lipinski definition) is 0. The predicted octanol–water partition coefficient (Wildman–Crippen LogP) is 3.40. The summed E-state index contributed by atoms with van der Waals surface area (Å²) in [5.41, 5.74) is 1.36. The van der Waals surface area contributed by atoms with Crippen molar-refractivity contribution in [3.05, 3.63) is 64.7 Å². The second-order valence-corrected chi connectivity index (χ2v) is 9.34. The summed E-state index contributed by atoms with van der Waals surface area (Å²) in [5.74, 6) is -0.322. The van der Waals surface area contributed by atoms with Gasteiger partial charge in [-0.1, -0.05) is 24.3 Å². The summed E-state index contributed by atoms with van der Waals surface area (Å²) in [6.45, 7) is 4.43. The zero-order chi connectivity index (χ0) is 22.1. The summed E-state index contributed by atoms with van der Waals surface area (Å²) >= 11 is 0. The number of amides is 1. The fraction of sp³-hybridized carbons (Fsp3) is 0.381. The summed E-state index contributed by atoms with van der Waals surface area (Å²) in [6, 6.07) is 9.66. The van der Waals surface area contributed by atoms with Gasteiger partial charge in [0.1, 0.15) is 0 Å². The Morgan fingerprint density at radius 1 is 0.967 bits per heavy atom. The zero-order valence-electron chi connectivity index (χ0n) is 16.7. The monoisotopic (exact) mass is 440 g/mol. The molecule has 1 fully saturated rings. The topological polar surface area (TPSA) is 57.7 Å². The van der Waals surface area contributed by atoms with E-state index in [2.05, 4.69) is 0 Å². The van der Waals surface area contributed by atoms with E-state index in [0.717, 1.165) is 23.3 Å². The SMILES string of the molecule is Cc1ccc(S(=O)(=O)N2CCN(C(=O)Cc3cccc(C(F)(F)F)c3)CC2)cc1C. The van der Waals surface area contributed by atoms with Crippen LogP contribution in [0, 0.1) is 13.8 Å². The third-order valence-corrected chi connectivity index (χ3v) is 7.21. The number of piperazine rings is 1. The van der Waals surface area contributed by atoms with E-state index in [0.29, 0.717) is 0 Å². The molecule has 2 aromatic rings. The Balaban J connectivity index is 1.64. The third kappa shape index (κ3) is 4.84. The van der Waals surface area contributed by atoms with Crippen LogP contribution in [0.15, 0.2) is 47.4 Å². The molecule has 0 aliphatic carbocycles. The highest BCUT2D eigenvalue weighted by Gasteiger charge is 2.32. The van der Waals surface area contributed by atoms with Crippen molar-refractivity contribution >= 4 is 15.9 Å². The summed E-state index contributed by atoms with van der Waals surface area (Å²) in [4.78, 5) is 14.2. The predicted molar refractivity (Wildman–Crippen MR) is 106 cm³/mol. The van der Waals surface area contributed by atoms with Crippen LogP contribution in [0.1, 0.15) is 22.3 Å². The van der Waals surface area contributed by atoms with Gasteiger partial charge in [-0.3, -0.25) is 4.79 Å². The molecule has 0 aromatic heterocycles. The van der Waals surface area contributed by atoms with E-state index in [-0.39, 0.29) is 49.0 Å². The minimum absolute atomic E-state index is 0.142. The van der Waals surface area contributed by atoms with E-state index in [1.54, 1.807) is 18.2 Å². The number of hydrogen-bond acceptors (Lipinski definition) is 3. The lowest BCUT2D eigenvalue weighted by atomic mass is 10.1. The van der Waals surface area contributed by atoms with Crippen LogP contribution in [-0.4, -0.2) is 49.7 Å². The Bertz CT molecular complexity index is 1040. The average Bonchev–Trinajstić information content (AvgIpc) is 2.69. The first-order chi connectivity index (χ1) is 14.0. The second kappa shape index (κ2) is 8.39. The number of benzene rings is 2. The molecule has 1 saturated heterocycles. The van der Waals surface area contributed by atoms with Crippen LogP contribution in [0.4, 0.5) is 13.2 Å². The molecule has 0 saturated carbocycles. The van der Waals surface area contributed by atoms with Crippen LogP contribution in [0.2, 0.25) is 0 Å². The molecule has 9 heteroatoms. The van der Waals surface area contributed by atoms with Crippen molar-refractivity contribution in [1.29, 1.82) is 0 Å². The van der Waals surface area contributed by atoms with Crippen molar-refractivity contribution in [2.24, 2.45) is 0 Å². The van der Waals surface area contributed by atoms with Gasteiger partial charge >= 0.3 is 6.18 Å². The molecule has 0 atom stereocenters. The molecule has 1 heterocycles. The summed E-state index contributed by atoms with van der Waals surface area (Å²) in [5, 5.41) is 0. The maximum atomic E-state index is 12.9. The Labute approximate surface area is 174 Å². The highest BCUT2D eigenvalue weighted by Crippen LogP contribution is 2.29. The molecule has 0 N–H and O–H groups in total. The Morgan fingerprint density at radius 2 is 1.63 bits per heavy atom. The van der Waals surface area contributed by atoms with Crippen LogP contribution in [0.25, 0.3) is 0 Å². The van der Waals surface area contributed by atoms with Crippen molar-refractivity contribution in [1.82, 2.24) is 9.21 Å². The number of sulfonamides is 1. The molecule has 0 bridgehead atoms. The lowest BCUT2D eigenvalue weighted by molar-refractivity contribution is -0.138. The number of nitrogens with zero attached hydrogens (tertiary/aromatic N) is 2. The lowest BCUT2D eigenvalue weighted by Gasteiger charge is -2.34. The maximum Gasteiger partial charge on any atom is 0.416 e. The van der Waals surface area contributed by atoms with Gasteiger partial charge in [0, 0.05) is 26.2 Å². The van der Waals surface area contributed by atoms with Crippen molar-refractivity contribution in [2.75, 3.05) is 26.2 Å². The molecule has 0 spiro atoms. The molecule has 2 aromatic carbocycles. The number of alkyl halides is 3. The maximum absolute atomic E-state index is 12.9. The first-order valence-electron chi connectivity index (χ1n) is 9.50. The first-order valence-corrected chi connectivity index (χ1v) is 10.9. The molecule has 1 amide bonds. The summed E-state index contributed by atoms with van der Waals surface area (Å²) in [6.07, 6.45) is -4.62. The van der Waals surface area contributed by atoms with Crippen molar-refractivity contribution in [3.63, 3.8) is 0 Å². The van der Waals surface area contributed by atoms with Crippen molar-refractivity contribution in [3.8, 4) is 0 Å². The normalized spacial score (nSPS) is 16.0. The van der Waals surface area contributed by atoms with Gasteiger partial charge in [-0.05, 0) is 48.7 Å². The van der Waals surface area contributed by atoms with Gasteiger partial charge in [-0.2, -0.15) is 17.5 Å². The summed E-state index contributed by atoms with van der Waals surface area (Å²) < 4.78 is 65.6. The first kappa shape index (κ1) is 22.3. The Kier molecular flexibility index (Phi) is 6.24. The van der Waals surface area contributed by atoms with Crippen LogP contribution in [-0.2, 0) is 27.4 Å². The number of halogens is 3. The van der Waals surface area contributed by atoms with Crippen LogP contribution < -0.4 is 0 Å². The van der Waals surface area contributed by atoms with Crippen LogP contribution in [0.3, 0.4) is 0 Å². The minimum Gasteiger partial charge on any atom is -0.340 e. The van der Waals surface area contributed by atoms with Gasteiger partial charge < -0.3 is 4.90 Å². The Hall–Kier alpha value is -2.39. The van der Waals surface area contributed by atoms with Crippen molar-refractivity contribution < 1.29 is 26.4 Å². The molecule has 30 heavy (non-hydrogen) atoms. The van der Waals surface area contributed by atoms with Crippen LogP contribution >= 0.6 is 0 Å². The fourth-order valence-corrected chi connectivity index (χ4v) is 4.85. The molecule has 3 rings (SSSR count). The number of rotatable bonds is 4. The number of carbonyl (C=O) groups is 1. The van der Waals surface area contributed by atoms with Gasteiger partial charge in [0.15, 0.2) is 0 Å². The van der Waals surface area contributed by atoms with E-state index in [9.17, 15) is 26.4 Å². The molecule has 1 aliphatic heterocycles. The molecule has 1 aliphatic rings. The van der Waals surface area contributed by atoms with E-state index in [1.165, 1.54) is 21.3 Å². The third-order valence-electron chi connectivity index (χ3n) is 5.32. The standard InChI is InChI=1S/C21H23F3N2O3S/c1-15-6-7-19(12-16(15)2)30(28,29)26-10-8-25(9-11-26)20(27)14-17-4-3-5-18(13-17)21(22,23)24/h3-7,12-13H,8-11,14H2,1-2H3. The van der Waals surface area contributed by atoms with Gasteiger partial charge in [-0.15, -0.1) is 0 Å². The van der Waals surface area contributed by atoms with Crippen LogP contribution in [0.5, 0.6) is 0 Å². The molecule has 162 valence electrons. The van der Waals surface area contributed by atoms with Crippen molar-refractivity contribution in [2.45, 2.75) is 31.3 Å². The van der Waals surface area contributed by atoms with E-state index in [4.69, 9.17) is 0 Å². The highest BCUT2D eigenvalue weighted by molar-refractivity contribution is 7.89. The van der Waals surface area contributed by atoms with Gasteiger partial charge in [0.05, 0.1) is 16.9 Å². The molecular formula is C21H23F3N2O3S. The van der Waals surface area contributed by atoms with Gasteiger partial charge in [0.25, 0.3) is 0 Å². The zero-order valence-corrected chi connectivity index (χ0v) is 17.6. The van der Waals surface area contributed by atoms with Gasteiger partial charge in [0.2, 0.25) is 15.9 Å². The van der Waals surface area contributed by atoms with Gasteiger partial charge in [-0.25, -0.2) is 8.42 Å². The average molecular weight is 440 g/mol. The van der Waals surface area contributed by atoms with E-state index >= 15 is 0 Å². The number of carbonyl (C=O) groups excluding carboxylic acids is 1. The quantitative estimate of drug-likeness (QED) is 0.732. The Morgan fingerprint density at radius 3 is 2.23 bits per heavy atom. The fourth-order valence-electron chi connectivity index (χ4n) is 3.35. The molecule has 5 nitrogen and oxygen atoms in total.